The fraction of sp³-hybridized carbons (Fsp3) is 0.571. The molecule has 0 aliphatic rings. The molecule has 0 amide bonds. The van der Waals surface area contributed by atoms with Crippen LogP contribution in [-0.2, 0) is 19.1 Å². The predicted molar refractivity (Wildman–Crippen MR) is 153 cm³/mol. The molecule has 2 nitrogen and oxygen atoms in total. The summed E-state index contributed by atoms with van der Waals surface area (Å²) in [5.74, 6) is 0.873. The molecule has 0 spiro atoms. The third kappa shape index (κ3) is 9.55. The second-order valence-electron chi connectivity index (χ2n) is 11.3. The number of benzene rings is 1. The summed E-state index contributed by atoms with van der Waals surface area (Å²) in [6, 6.07) is 13.0. The van der Waals surface area contributed by atoms with Crippen molar-refractivity contribution in [2.45, 2.75) is 104 Å². The van der Waals surface area contributed by atoms with Crippen LogP contribution < -0.4 is 0 Å². The Morgan fingerprint density at radius 2 is 1.32 bits per heavy atom. The van der Waals surface area contributed by atoms with Crippen LogP contribution >= 0.6 is 28.2 Å². The minimum absolute atomic E-state index is 0.229. The van der Waals surface area contributed by atoms with Gasteiger partial charge >= 0.3 is 33.2 Å². The van der Waals surface area contributed by atoms with Gasteiger partial charge in [-0.3, -0.25) is 9.98 Å². The standard InChI is InChI=1S/C28H43N2P.2ClH.Co/c1-19(2)23-15-13-16-24(20(3)4)26(23)29-21(5)25-17-12-14-22(30-25)18-31(27(6,7)8)28(9,10)11;;;/h12-17,19-20H,18H2,1-11H3;2*1H;/q;;;+2/p-2. The van der Waals surface area contributed by atoms with Crippen LogP contribution in [0.2, 0.25) is 0 Å². The van der Waals surface area contributed by atoms with Crippen molar-refractivity contribution in [3.05, 3.63) is 58.9 Å². The molecular weight excluding hydrogens is 525 g/mol. The molecule has 0 saturated heterocycles. The first-order chi connectivity index (χ1) is 15.6. The number of nitrogens with zero attached hydrogens (tertiary/aromatic N) is 2. The average molecular weight is 568 g/mol. The Morgan fingerprint density at radius 1 is 0.882 bits per heavy atom. The average Bonchev–Trinajstić information content (AvgIpc) is 2.71. The maximum absolute atomic E-state index is 5.15. The van der Waals surface area contributed by atoms with Crippen LogP contribution in [0, 0.1) is 0 Å². The summed E-state index contributed by atoms with van der Waals surface area (Å²) >= 11 is 0.382. The van der Waals surface area contributed by atoms with Gasteiger partial charge in [0.25, 0.3) is 0 Å². The van der Waals surface area contributed by atoms with E-state index in [1.54, 1.807) is 0 Å². The van der Waals surface area contributed by atoms with Gasteiger partial charge in [-0.05, 0) is 52.3 Å². The fourth-order valence-electron chi connectivity index (χ4n) is 4.28. The van der Waals surface area contributed by atoms with E-state index in [4.69, 9.17) is 30.3 Å². The van der Waals surface area contributed by atoms with Crippen LogP contribution in [0.3, 0.4) is 0 Å². The monoisotopic (exact) mass is 567 g/mol. The predicted octanol–water partition coefficient (Wildman–Crippen LogP) is 10.4. The van der Waals surface area contributed by atoms with Gasteiger partial charge in [-0.15, -0.1) is 0 Å². The van der Waals surface area contributed by atoms with Crippen LogP contribution in [0.15, 0.2) is 41.4 Å². The van der Waals surface area contributed by atoms with E-state index < -0.39 is 0 Å². The number of hydrogen-bond donors (Lipinski definition) is 0. The molecule has 2 rings (SSSR count). The topological polar surface area (TPSA) is 25.2 Å². The third-order valence-corrected chi connectivity index (χ3v) is 9.62. The molecule has 1 aromatic carbocycles. The van der Waals surface area contributed by atoms with E-state index in [0.29, 0.717) is 24.7 Å². The van der Waals surface area contributed by atoms with Gasteiger partial charge in [-0.2, -0.15) is 0 Å². The molecule has 0 N–H and O–H groups in total. The molecular formula is C28H43Cl2CoN2P. The molecule has 0 bridgehead atoms. The van der Waals surface area contributed by atoms with Crippen LogP contribution in [-0.4, -0.2) is 21.0 Å². The number of hydrogen-bond acceptors (Lipinski definition) is 2. The van der Waals surface area contributed by atoms with E-state index in [1.807, 2.05) is 0 Å². The SMILES string of the molecule is CC(=Nc1c(C(C)C)cccc1C(C)C)c1cccc(CP(C(C)(C)C)C(C)(C)C)n1.[Cl][Co][Cl]. The van der Waals surface area contributed by atoms with Crippen molar-refractivity contribution in [2.24, 2.45) is 4.99 Å². The molecule has 193 valence electrons. The van der Waals surface area contributed by atoms with Gasteiger partial charge in [0.05, 0.1) is 17.1 Å². The van der Waals surface area contributed by atoms with Gasteiger partial charge in [0.15, 0.2) is 0 Å². The Bertz CT molecular complexity index is 904. The molecule has 0 unspecified atom stereocenters. The molecule has 1 aromatic heterocycles. The Labute approximate surface area is 225 Å². The Hall–Kier alpha value is -0.444. The van der Waals surface area contributed by atoms with Crippen LogP contribution in [0.1, 0.15) is 111 Å². The van der Waals surface area contributed by atoms with E-state index >= 15 is 0 Å². The fourth-order valence-corrected chi connectivity index (χ4v) is 7.74. The Morgan fingerprint density at radius 3 is 1.74 bits per heavy atom. The third-order valence-electron chi connectivity index (χ3n) is 5.74. The van der Waals surface area contributed by atoms with E-state index in [2.05, 4.69) is 113 Å². The number of halogens is 2. The second-order valence-corrected chi connectivity index (χ2v) is 16.9. The molecule has 0 radical (unpaired) electrons. The summed E-state index contributed by atoms with van der Waals surface area (Å²) in [7, 11) is 9.24. The first-order valence-electron chi connectivity index (χ1n) is 11.9. The Balaban J connectivity index is 0.00000182. The zero-order chi connectivity index (χ0) is 26.3. The molecule has 0 atom stereocenters. The van der Waals surface area contributed by atoms with Crippen LogP contribution in [0.5, 0.6) is 0 Å². The summed E-state index contributed by atoms with van der Waals surface area (Å²) < 4.78 is 0. The van der Waals surface area contributed by atoms with Gasteiger partial charge in [-0.25, -0.2) is 0 Å². The molecule has 0 fully saturated rings. The van der Waals surface area contributed by atoms with Gasteiger partial charge in [0.1, 0.15) is 0 Å². The van der Waals surface area contributed by atoms with Crippen molar-refractivity contribution in [1.82, 2.24) is 4.98 Å². The van der Waals surface area contributed by atoms with E-state index in [-0.39, 0.29) is 18.2 Å². The Kier molecular flexibility index (Phi) is 12.8. The molecule has 6 heteroatoms. The summed E-state index contributed by atoms with van der Waals surface area (Å²) in [6.45, 7) is 25.3. The van der Waals surface area contributed by atoms with Gasteiger partial charge in [0, 0.05) is 11.9 Å². The molecule has 2 aromatic rings. The first kappa shape index (κ1) is 31.6. The van der Waals surface area contributed by atoms with E-state index in [9.17, 15) is 0 Å². The number of para-hydroxylation sites is 1. The molecule has 0 aliphatic carbocycles. The molecule has 0 aliphatic heterocycles. The first-order valence-corrected chi connectivity index (χ1v) is 16.3. The summed E-state index contributed by atoms with van der Waals surface area (Å²) in [4.78, 5) is 10.2. The summed E-state index contributed by atoms with van der Waals surface area (Å²) in [6.07, 6.45) is 1.04. The summed E-state index contributed by atoms with van der Waals surface area (Å²) in [5, 5.41) is 0.577. The summed E-state index contributed by atoms with van der Waals surface area (Å²) in [5.41, 5.74) is 6.92. The van der Waals surface area contributed by atoms with Crippen molar-refractivity contribution in [2.75, 3.05) is 0 Å². The van der Waals surface area contributed by atoms with Crippen LogP contribution in [0.4, 0.5) is 5.69 Å². The van der Waals surface area contributed by atoms with Crippen molar-refractivity contribution in [3.8, 4) is 0 Å². The van der Waals surface area contributed by atoms with Gasteiger partial charge < -0.3 is 0 Å². The number of rotatable bonds is 6. The zero-order valence-electron chi connectivity index (χ0n) is 22.8. The van der Waals surface area contributed by atoms with Crippen molar-refractivity contribution < 1.29 is 12.9 Å². The van der Waals surface area contributed by atoms with Gasteiger partial charge in [0.2, 0.25) is 0 Å². The minimum atomic E-state index is -0.229. The van der Waals surface area contributed by atoms with Crippen LogP contribution in [0.25, 0.3) is 0 Å². The van der Waals surface area contributed by atoms with Crippen molar-refractivity contribution in [1.29, 1.82) is 0 Å². The van der Waals surface area contributed by atoms with Gasteiger partial charge in [-0.1, -0.05) is 101 Å². The number of aromatic nitrogens is 1. The quantitative estimate of drug-likeness (QED) is 0.251. The van der Waals surface area contributed by atoms with E-state index in [1.165, 1.54) is 16.8 Å². The number of aliphatic imine (C=N–C) groups is 1. The van der Waals surface area contributed by atoms with Crippen molar-refractivity contribution in [3.63, 3.8) is 0 Å². The number of pyridine rings is 1. The zero-order valence-corrected chi connectivity index (χ0v) is 26.2. The maximum atomic E-state index is 5.15. The normalized spacial score (nSPS) is 13.0. The molecule has 0 saturated carbocycles. The van der Waals surface area contributed by atoms with E-state index in [0.717, 1.165) is 23.3 Å². The molecule has 34 heavy (non-hydrogen) atoms. The van der Waals surface area contributed by atoms with Crippen molar-refractivity contribution >= 4 is 39.6 Å². The molecule has 1 heterocycles. The second kappa shape index (κ2) is 13.8.